The molecule has 2 rings (SSSR count). The number of benzene rings is 2. The van der Waals surface area contributed by atoms with Crippen LogP contribution in [-0.2, 0) is 0 Å². The lowest BCUT2D eigenvalue weighted by molar-refractivity contribution is -0.354. The average molecular weight is 266 g/mol. The fraction of sp³-hybridized carbons (Fsp3) is 0. The van der Waals surface area contributed by atoms with E-state index in [0.717, 1.165) is 4.74 Å². The summed E-state index contributed by atoms with van der Waals surface area (Å²) in [5.41, 5.74) is 1.14. The Balaban J connectivity index is 2.40. The molecule has 4 heteroatoms. The molecule has 0 saturated carbocycles. The molecule has 0 aliphatic rings. The van der Waals surface area contributed by atoms with Gasteiger partial charge in [0.1, 0.15) is 0 Å². The van der Waals surface area contributed by atoms with E-state index in [2.05, 4.69) is 0 Å². The molecule has 0 spiro atoms. The van der Waals surface area contributed by atoms with Gasteiger partial charge >= 0.3 is 0 Å². The van der Waals surface area contributed by atoms with Crippen LogP contribution in [0.2, 0.25) is 10.0 Å². The molecule has 0 radical (unpaired) electrons. The number of rotatable bonds is 2. The molecule has 0 aliphatic carbocycles. The van der Waals surface area contributed by atoms with Crippen LogP contribution >= 0.6 is 23.2 Å². The van der Waals surface area contributed by atoms with E-state index >= 15 is 0 Å². The largest absolute Gasteiger partial charge is 0.618 e. The number of para-hydroxylation sites is 1. The topological polar surface area (TPSA) is 26.1 Å². The highest BCUT2D eigenvalue weighted by Gasteiger charge is 2.06. The van der Waals surface area contributed by atoms with Gasteiger partial charge in [-0.2, -0.15) is 4.74 Å². The van der Waals surface area contributed by atoms with E-state index in [1.807, 2.05) is 6.07 Å². The molecule has 17 heavy (non-hydrogen) atoms. The number of halogens is 2. The van der Waals surface area contributed by atoms with Crippen LogP contribution in [0.1, 0.15) is 5.56 Å². The van der Waals surface area contributed by atoms with Gasteiger partial charge in [-0.3, -0.25) is 0 Å². The normalized spacial score (nSPS) is 11.5. The maximum atomic E-state index is 11.8. The standard InChI is InChI=1S/C13H9Cl2NO/c14-12-8-4-5-10(13(12)15)9-16(17)11-6-2-1-3-7-11/h1-9H. The van der Waals surface area contributed by atoms with Gasteiger partial charge < -0.3 is 5.21 Å². The van der Waals surface area contributed by atoms with Gasteiger partial charge in [-0.1, -0.05) is 47.5 Å². The van der Waals surface area contributed by atoms with E-state index in [9.17, 15) is 5.21 Å². The predicted octanol–water partition coefficient (Wildman–Crippen LogP) is 4.25. The van der Waals surface area contributed by atoms with E-state index < -0.39 is 0 Å². The van der Waals surface area contributed by atoms with Gasteiger partial charge in [0.25, 0.3) is 0 Å². The summed E-state index contributed by atoms with van der Waals surface area (Å²) in [5, 5.41) is 12.6. The fourth-order valence-electron chi connectivity index (χ4n) is 1.40. The van der Waals surface area contributed by atoms with E-state index in [0.29, 0.717) is 21.3 Å². The molecule has 0 saturated heterocycles. The van der Waals surface area contributed by atoms with Crippen molar-refractivity contribution >= 4 is 35.1 Å². The second kappa shape index (κ2) is 5.21. The molecule has 0 N–H and O–H groups in total. The van der Waals surface area contributed by atoms with Gasteiger partial charge in [-0.05, 0) is 12.1 Å². The third-order valence-corrected chi connectivity index (χ3v) is 3.08. The number of hydrogen-bond acceptors (Lipinski definition) is 1. The van der Waals surface area contributed by atoms with Crippen LogP contribution in [-0.4, -0.2) is 11.0 Å². The van der Waals surface area contributed by atoms with Crippen molar-refractivity contribution in [2.24, 2.45) is 0 Å². The van der Waals surface area contributed by atoms with E-state index in [1.165, 1.54) is 6.21 Å². The molecule has 2 aromatic rings. The van der Waals surface area contributed by atoms with Crippen LogP contribution in [0.4, 0.5) is 5.69 Å². The summed E-state index contributed by atoms with van der Waals surface area (Å²) in [4.78, 5) is 0. The van der Waals surface area contributed by atoms with Crippen molar-refractivity contribution in [1.29, 1.82) is 0 Å². The molecule has 0 amide bonds. The maximum Gasteiger partial charge on any atom is 0.216 e. The number of hydrogen-bond donors (Lipinski definition) is 0. The van der Waals surface area contributed by atoms with Crippen LogP contribution in [0, 0.1) is 5.21 Å². The Bertz CT molecular complexity index is 553. The van der Waals surface area contributed by atoms with E-state index in [1.54, 1.807) is 42.5 Å². The highest BCUT2D eigenvalue weighted by Crippen LogP contribution is 2.24. The Morgan fingerprint density at radius 1 is 0.941 bits per heavy atom. The Labute approximate surface area is 109 Å². The highest BCUT2D eigenvalue weighted by molar-refractivity contribution is 6.43. The van der Waals surface area contributed by atoms with Crippen molar-refractivity contribution in [2.75, 3.05) is 0 Å². The smallest absolute Gasteiger partial charge is 0.216 e. The molecule has 0 aliphatic heterocycles. The van der Waals surface area contributed by atoms with Gasteiger partial charge in [-0.25, -0.2) is 0 Å². The summed E-state index contributed by atoms with van der Waals surface area (Å²) in [6, 6.07) is 14.1. The van der Waals surface area contributed by atoms with Crippen molar-refractivity contribution in [1.82, 2.24) is 0 Å². The lowest BCUT2D eigenvalue weighted by Gasteiger charge is -2.04. The van der Waals surface area contributed by atoms with Crippen molar-refractivity contribution < 1.29 is 4.74 Å². The van der Waals surface area contributed by atoms with Crippen LogP contribution in [0.25, 0.3) is 0 Å². The minimum atomic E-state index is 0.381. The average Bonchev–Trinajstić information content (AvgIpc) is 2.36. The zero-order valence-electron chi connectivity index (χ0n) is 8.81. The van der Waals surface area contributed by atoms with Crippen LogP contribution in [0.5, 0.6) is 0 Å². The van der Waals surface area contributed by atoms with Crippen molar-refractivity contribution in [3.63, 3.8) is 0 Å². The zero-order chi connectivity index (χ0) is 12.3. The van der Waals surface area contributed by atoms with E-state index in [4.69, 9.17) is 23.2 Å². The molecule has 0 fully saturated rings. The Kier molecular flexibility index (Phi) is 3.67. The van der Waals surface area contributed by atoms with Gasteiger partial charge in [0.05, 0.1) is 15.6 Å². The zero-order valence-corrected chi connectivity index (χ0v) is 10.3. The van der Waals surface area contributed by atoms with Gasteiger partial charge in [0.15, 0.2) is 6.21 Å². The number of nitrogens with zero attached hydrogens (tertiary/aromatic N) is 1. The summed E-state index contributed by atoms with van der Waals surface area (Å²) in [5.74, 6) is 0. The maximum absolute atomic E-state index is 11.8. The molecule has 0 unspecified atom stereocenters. The van der Waals surface area contributed by atoms with Gasteiger partial charge in [-0.15, -0.1) is 0 Å². The highest BCUT2D eigenvalue weighted by atomic mass is 35.5. The summed E-state index contributed by atoms with van der Waals surface area (Å²) in [6.07, 6.45) is 1.41. The molecule has 2 nitrogen and oxygen atoms in total. The SMILES string of the molecule is [O-][N+](=Cc1cccc(Cl)c1Cl)c1ccccc1. The Hall–Kier alpha value is -1.51. The molecule has 86 valence electrons. The summed E-state index contributed by atoms with van der Waals surface area (Å²) in [7, 11) is 0. The third-order valence-electron chi connectivity index (χ3n) is 2.25. The van der Waals surface area contributed by atoms with E-state index in [-0.39, 0.29) is 0 Å². The molecular weight excluding hydrogens is 257 g/mol. The lowest BCUT2D eigenvalue weighted by Crippen LogP contribution is -1.99. The first kappa shape index (κ1) is 12.0. The molecular formula is C13H9Cl2NO. The Morgan fingerprint density at radius 3 is 2.35 bits per heavy atom. The molecule has 0 aromatic heterocycles. The first-order valence-electron chi connectivity index (χ1n) is 4.99. The first-order valence-corrected chi connectivity index (χ1v) is 5.74. The molecule has 0 atom stereocenters. The molecule has 2 aromatic carbocycles. The van der Waals surface area contributed by atoms with Crippen molar-refractivity contribution in [3.05, 3.63) is 69.3 Å². The predicted molar refractivity (Wildman–Crippen MR) is 71.4 cm³/mol. The molecule has 0 heterocycles. The second-order valence-corrected chi connectivity index (χ2v) is 4.22. The van der Waals surface area contributed by atoms with Crippen LogP contribution < -0.4 is 0 Å². The van der Waals surface area contributed by atoms with Crippen LogP contribution in [0.3, 0.4) is 0 Å². The summed E-state index contributed by atoms with van der Waals surface area (Å²) < 4.78 is 0.761. The minimum absolute atomic E-state index is 0.381. The fourth-order valence-corrected chi connectivity index (χ4v) is 1.75. The minimum Gasteiger partial charge on any atom is -0.618 e. The van der Waals surface area contributed by atoms with Crippen molar-refractivity contribution in [2.45, 2.75) is 0 Å². The first-order chi connectivity index (χ1) is 8.18. The summed E-state index contributed by atoms with van der Waals surface area (Å²) >= 11 is 11.9. The second-order valence-electron chi connectivity index (χ2n) is 3.43. The van der Waals surface area contributed by atoms with Gasteiger partial charge in [0, 0.05) is 12.1 Å². The Morgan fingerprint density at radius 2 is 1.65 bits per heavy atom. The monoisotopic (exact) mass is 265 g/mol. The van der Waals surface area contributed by atoms with Gasteiger partial charge in [0.2, 0.25) is 5.69 Å². The third kappa shape index (κ3) is 2.78. The quantitative estimate of drug-likeness (QED) is 0.345. The summed E-state index contributed by atoms with van der Waals surface area (Å²) in [6.45, 7) is 0. The van der Waals surface area contributed by atoms with Crippen LogP contribution in [0.15, 0.2) is 48.5 Å². The lowest BCUT2D eigenvalue weighted by atomic mass is 10.2. The van der Waals surface area contributed by atoms with Crippen molar-refractivity contribution in [3.8, 4) is 0 Å². The molecule has 0 bridgehead atoms.